The van der Waals surface area contributed by atoms with Gasteiger partial charge >= 0.3 is 0 Å². The molecule has 0 radical (unpaired) electrons. The monoisotopic (exact) mass is 296 g/mol. The van der Waals surface area contributed by atoms with Gasteiger partial charge in [-0.1, -0.05) is 0 Å². The van der Waals surface area contributed by atoms with Crippen LogP contribution in [0.25, 0.3) is 10.9 Å². The van der Waals surface area contributed by atoms with E-state index in [1.54, 1.807) is 12.1 Å². The van der Waals surface area contributed by atoms with Gasteiger partial charge in [-0.3, -0.25) is 4.79 Å². The fourth-order valence-electron chi connectivity index (χ4n) is 2.42. The van der Waals surface area contributed by atoms with E-state index in [1.165, 1.54) is 17.7 Å². The highest BCUT2D eigenvalue weighted by atomic mass is 19.1. The van der Waals surface area contributed by atoms with Crippen molar-refractivity contribution >= 4 is 16.6 Å². The van der Waals surface area contributed by atoms with Crippen LogP contribution in [-0.4, -0.2) is 4.98 Å². The van der Waals surface area contributed by atoms with E-state index in [0.717, 1.165) is 22.2 Å². The highest BCUT2D eigenvalue weighted by Crippen LogP contribution is 2.17. The Labute approximate surface area is 127 Å². The van der Waals surface area contributed by atoms with Gasteiger partial charge < -0.3 is 10.3 Å². The normalized spacial score (nSPS) is 10.9. The van der Waals surface area contributed by atoms with Gasteiger partial charge in [0.15, 0.2) is 0 Å². The SMILES string of the molecule is Cc1cc2cc(CNc3ccc(F)cc3)c(=O)[nH]c2cc1C. The Morgan fingerprint density at radius 3 is 2.45 bits per heavy atom. The number of rotatable bonds is 3. The molecule has 1 heterocycles. The van der Waals surface area contributed by atoms with Crippen molar-refractivity contribution in [2.75, 3.05) is 5.32 Å². The Bertz CT molecular complexity index is 882. The average Bonchev–Trinajstić information content (AvgIpc) is 2.49. The summed E-state index contributed by atoms with van der Waals surface area (Å²) in [6.45, 7) is 4.47. The van der Waals surface area contributed by atoms with Crippen LogP contribution in [0.2, 0.25) is 0 Å². The van der Waals surface area contributed by atoms with Crippen molar-refractivity contribution in [3.05, 3.63) is 75.3 Å². The fourth-order valence-corrected chi connectivity index (χ4v) is 2.42. The molecule has 0 amide bonds. The van der Waals surface area contributed by atoms with Crippen molar-refractivity contribution < 1.29 is 4.39 Å². The fraction of sp³-hybridized carbons (Fsp3) is 0.167. The third-order valence-electron chi connectivity index (χ3n) is 3.86. The Morgan fingerprint density at radius 1 is 1.05 bits per heavy atom. The van der Waals surface area contributed by atoms with Crippen LogP contribution in [0.5, 0.6) is 0 Å². The number of H-pyrrole nitrogens is 1. The molecule has 0 aliphatic rings. The van der Waals surface area contributed by atoms with Crippen molar-refractivity contribution in [2.45, 2.75) is 20.4 Å². The number of aromatic amines is 1. The molecule has 0 aliphatic heterocycles. The molecule has 3 rings (SSSR count). The van der Waals surface area contributed by atoms with Gasteiger partial charge in [0.2, 0.25) is 0 Å². The first-order valence-electron chi connectivity index (χ1n) is 7.15. The zero-order valence-electron chi connectivity index (χ0n) is 12.5. The number of halogens is 1. The summed E-state index contributed by atoms with van der Waals surface area (Å²) in [6.07, 6.45) is 0. The summed E-state index contributed by atoms with van der Waals surface area (Å²) in [6, 6.07) is 12.0. The van der Waals surface area contributed by atoms with Gasteiger partial charge in [0, 0.05) is 23.3 Å². The summed E-state index contributed by atoms with van der Waals surface area (Å²) < 4.78 is 12.9. The van der Waals surface area contributed by atoms with Gasteiger partial charge in [-0.05, 0) is 72.8 Å². The van der Waals surface area contributed by atoms with E-state index in [9.17, 15) is 9.18 Å². The predicted molar refractivity (Wildman–Crippen MR) is 87.8 cm³/mol. The lowest BCUT2D eigenvalue weighted by atomic mass is 10.0. The van der Waals surface area contributed by atoms with Crippen LogP contribution in [0.1, 0.15) is 16.7 Å². The molecular formula is C18H17FN2O. The Morgan fingerprint density at radius 2 is 1.73 bits per heavy atom. The zero-order valence-corrected chi connectivity index (χ0v) is 12.5. The number of hydrogen-bond acceptors (Lipinski definition) is 2. The van der Waals surface area contributed by atoms with Crippen LogP contribution >= 0.6 is 0 Å². The quantitative estimate of drug-likeness (QED) is 0.770. The van der Waals surface area contributed by atoms with E-state index in [2.05, 4.69) is 23.3 Å². The van der Waals surface area contributed by atoms with E-state index in [0.29, 0.717) is 12.1 Å². The van der Waals surface area contributed by atoms with E-state index in [-0.39, 0.29) is 11.4 Å². The van der Waals surface area contributed by atoms with Crippen molar-refractivity contribution in [3.63, 3.8) is 0 Å². The van der Waals surface area contributed by atoms with Crippen LogP contribution < -0.4 is 10.9 Å². The van der Waals surface area contributed by atoms with Gasteiger partial charge in [-0.25, -0.2) is 4.39 Å². The maximum Gasteiger partial charge on any atom is 0.253 e. The lowest BCUT2D eigenvalue weighted by molar-refractivity contribution is 0.628. The average molecular weight is 296 g/mol. The van der Waals surface area contributed by atoms with Gasteiger partial charge in [-0.2, -0.15) is 0 Å². The number of pyridine rings is 1. The molecule has 2 aromatic carbocycles. The molecule has 4 heteroatoms. The van der Waals surface area contributed by atoms with Crippen molar-refractivity contribution in [1.29, 1.82) is 0 Å². The highest BCUT2D eigenvalue weighted by molar-refractivity contribution is 5.80. The molecular weight excluding hydrogens is 279 g/mol. The smallest absolute Gasteiger partial charge is 0.253 e. The van der Waals surface area contributed by atoms with Crippen LogP contribution in [0.3, 0.4) is 0 Å². The topological polar surface area (TPSA) is 44.9 Å². The van der Waals surface area contributed by atoms with Gasteiger partial charge in [0.05, 0.1) is 0 Å². The molecule has 0 saturated carbocycles. The Kier molecular flexibility index (Phi) is 3.67. The minimum Gasteiger partial charge on any atom is -0.381 e. The molecule has 22 heavy (non-hydrogen) atoms. The highest BCUT2D eigenvalue weighted by Gasteiger charge is 2.05. The third kappa shape index (κ3) is 2.86. The largest absolute Gasteiger partial charge is 0.381 e. The van der Waals surface area contributed by atoms with Crippen molar-refractivity contribution in [3.8, 4) is 0 Å². The standard InChI is InChI=1S/C18H17FN2O/c1-11-7-13-9-14(18(22)21-17(13)8-12(11)2)10-20-16-5-3-15(19)4-6-16/h3-9,20H,10H2,1-2H3,(H,21,22). The van der Waals surface area contributed by atoms with Gasteiger partial charge in [0.1, 0.15) is 5.82 Å². The van der Waals surface area contributed by atoms with Crippen LogP contribution in [0.15, 0.2) is 47.3 Å². The number of hydrogen-bond donors (Lipinski definition) is 2. The summed E-state index contributed by atoms with van der Waals surface area (Å²) in [5.74, 6) is -0.278. The van der Waals surface area contributed by atoms with E-state index in [4.69, 9.17) is 0 Å². The van der Waals surface area contributed by atoms with Gasteiger partial charge in [0.25, 0.3) is 5.56 Å². The van der Waals surface area contributed by atoms with Crippen LogP contribution in [0.4, 0.5) is 10.1 Å². The zero-order chi connectivity index (χ0) is 15.7. The summed E-state index contributed by atoms with van der Waals surface area (Å²) in [4.78, 5) is 15.1. The summed E-state index contributed by atoms with van der Waals surface area (Å²) in [7, 11) is 0. The first-order chi connectivity index (χ1) is 10.5. The third-order valence-corrected chi connectivity index (χ3v) is 3.86. The molecule has 0 aliphatic carbocycles. The Balaban J connectivity index is 1.90. The molecule has 3 aromatic rings. The molecule has 2 N–H and O–H groups in total. The number of fused-ring (bicyclic) bond motifs is 1. The first-order valence-corrected chi connectivity index (χ1v) is 7.15. The van der Waals surface area contributed by atoms with Crippen LogP contribution in [0, 0.1) is 19.7 Å². The molecule has 0 unspecified atom stereocenters. The second-order valence-electron chi connectivity index (χ2n) is 5.51. The lowest BCUT2D eigenvalue weighted by Gasteiger charge is -2.08. The van der Waals surface area contributed by atoms with E-state index < -0.39 is 0 Å². The maximum absolute atomic E-state index is 12.9. The van der Waals surface area contributed by atoms with E-state index in [1.807, 2.05) is 19.1 Å². The molecule has 0 fully saturated rings. The molecule has 0 saturated heterocycles. The summed E-state index contributed by atoms with van der Waals surface area (Å²) >= 11 is 0. The minimum atomic E-state index is -0.278. The molecule has 0 bridgehead atoms. The van der Waals surface area contributed by atoms with Crippen molar-refractivity contribution in [2.24, 2.45) is 0 Å². The molecule has 0 spiro atoms. The predicted octanol–water partition coefficient (Wildman–Crippen LogP) is 3.90. The second-order valence-corrected chi connectivity index (χ2v) is 5.51. The number of anilines is 1. The summed E-state index contributed by atoms with van der Waals surface area (Å²) in [5, 5.41) is 4.15. The molecule has 1 aromatic heterocycles. The van der Waals surface area contributed by atoms with Gasteiger partial charge in [-0.15, -0.1) is 0 Å². The van der Waals surface area contributed by atoms with Crippen LogP contribution in [-0.2, 0) is 6.54 Å². The number of benzene rings is 2. The Hall–Kier alpha value is -2.62. The number of aromatic nitrogens is 1. The number of aryl methyl sites for hydroxylation is 2. The lowest BCUT2D eigenvalue weighted by Crippen LogP contribution is -2.15. The molecule has 0 atom stereocenters. The number of nitrogens with one attached hydrogen (secondary N) is 2. The first kappa shape index (κ1) is 14.3. The second kappa shape index (κ2) is 5.64. The minimum absolute atomic E-state index is 0.106. The summed E-state index contributed by atoms with van der Waals surface area (Å²) in [5.41, 5.74) is 4.52. The molecule has 3 nitrogen and oxygen atoms in total. The molecule has 112 valence electrons. The van der Waals surface area contributed by atoms with Crippen molar-refractivity contribution in [1.82, 2.24) is 4.98 Å². The van der Waals surface area contributed by atoms with E-state index >= 15 is 0 Å². The maximum atomic E-state index is 12.9.